The van der Waals surface area contributed by atoms with Gasteiger partial charge >= 0.3 is 0 Å². The van der Waals surface area contributed by atoms with Crippen molar-refractivity contribution in [2.45, 2.75) is 5.16 Å². The molecule has 0 aliphatic carbocycles. The zero-order valence-corrected chi connectivity index (χ0v) is 19.1. The van der Waals surface area contributed by atoms with Gasteiger partial charge in [0.05, 0.1) is 12.0 Å². The maximum absolute atomic E-state index is 12.3. The standard InChI is InChI=1S/C23H18BrN5O2S/c24-18-8-5-7-17(13-18)22-27-28-23(29(22)19-9-2-1-3-10-19)32-15-21(31)26-25-14-16-6-4-11-20(30)12-16/h1-14,30H,15H2,(H,26,31)/b25-14+. The number of amides is 1. The number of phenols is 1. The molecule has 0 fully saturated rings. The average Bonchev–Trinajstić information content (AvgIpc) is 3.22. The third-order valence-corrected chi connectivity index (χ3v) is 5.76. The van der Waals surface area contributed by atoms with E-state index in [0.717, 1.165) is 15.7 Å². The Kier molecular flexibility index (Phi) is 6.98. The van der Waals surface area contributed by atoms with Gasteiger partial charge in [0.2, 0.25) is 0 Å². The molecule has 9 heteroatoms. The second-order valence-corrected chi connectivity index (χ2v) is 8.52. The van der Waals surface area contributed by atoms with Crippen LogP contribution in [0, 0.1) is 0 Å². The van der Waals surface area contributed by atoms with Gasteiger partial charge in [-0.1, -0.05) is 70.2 Å². The molecule has 0 spiro atoms. The Balaban J connectivity index is 1.50. The first-order valence-electron chi connectivity index (χ1n) is 9.60. The molecule has 0 saturated carbocycles. The minimum absolute atomic E-state index is 0.112. The van der Waals surface area contributed by atoms with Crippen molar-refractivity contribution in [2.75, 3.05) is 5.75 Å². The van der Waals surface area contributed by atoms with E-state index in [1.807, 2.05) is 59.2 Å². The van der Waals surface area contributed by atoms with Crippen molar-refractivity contribution in [3.05, 3.63) is 88.9 Å². The molecular weight excluding hydrogens is 490 g/mol. The number of halogens is 1. The number of carbonyl (C=O) groups is 1. The van der Waals surface area contributed by atoms with Crippen molar-refractivity contribution in [3.8, 4) is 22.8 Å². The van der Waals surface area contributed by atoms with Crippen LogP contribution in [-0.2, 0) is 4.79 Å². The first-order valence-corrected chi connectivity index (χ1v) is 11.4. The van der Waals surface area contributed by atoms with Gasteiger partial charge in [-0.25, -0.2) is 5.43 Å². The maximum atomic E-state index is 12.3. The average molecular weight is 508 g/mol. The minimum atomic E-state index is -0.280. The number of aromatic nitrogens is 3. The van der Waals surface area contributed by atoms with Gasteiger partial charge in [0.1, 0.15) is 5.75 Å². The summed E-state index contributed by atoms with van der Waals surface area (Å²) in [6.07, 6.45) is 1.47. The Bertz CT molecular complexity index is 1260. The van der Waals surface area contributed by atoms with E-state index >= 15 is 0 Å². The molecule has 4 rings (SSSR count). The summed E-state index contributed by atoms with van der Waals surface area (Å²) in [6, 6.07) is 24.2. The van der Waals surface area contributed by atoms with Crippen molar-refractivity contribution in [3.63, 3.8) is 0 Å². The van der Waals surface area contributed by atoms with Crippen LogP contribution >= 0.6 is 27.7 Å². The van der Waals surface area contributed by atoms with Crippen LogP contribution in [0.25, 0.3) is 17.1 Å². The molecule has 0 radical (unpaired) electrons. The third kappa shape index (κ3) is 5.43. The summed E-state index contributed by atoms with van der Waals surface area (Å²) >= 11 is 4.77. The van der Waals surface area contributed by atoms with E-state index in [-0.39, 0.29) is 17.4 Å². The molecule has 0 aliphatic heterocycles. The van der Waals surface area contributed by atoms with Gasteiger partial charge in [0.15, 0.2) is 11.0 Å². The molecule has 7 nitrogen and oxygen atoms in total. The number of hydrogen-bond donors (Lipinski definition) is 2. The SMILES string of the molecule is O=C(CSc1nnc(-c2cccc(Br)c2)n1-c1ccccc1)N/N=C/c1cccc(O)c1. The summed E-state index contributed by atoms with van der Waals surface area (Å²) in [7, 11) is 0. The first-order chi connectivity index (χ1) is 15.6. The molecule has 0 atom stereocenters. The number of nitrogens with zero attached hydrogens (tertiary/aromatic N) is 4. The normalized spacial score (nSPS) is 11.0. The number of carbonyl (C=O) groups excluding carboxylic acids is 1. The lowest BCUT2D eigenvalue weighted by molar-refractivity contribution is -0.118. The molecule has 4 aromatic rings. The lowest BCUT2D eigenvalue weighted by Crippen LogP contribution is -2.20. The number of hydrazone groups is 1. The number of benzene rings is 3. The number of nitrogens with one attached hydrogen (secondary N) is 1. The molecule has 32 heavy (non-hydrogen) atoms. The van der Waals surface area contributed by atoms with Crippen molar-refractivity contribution in [2.24, 2.45) is 5.10 Å². The zero-order chi connectivity index (χ0) is 22.3. The highest BCUT2D eigenvalue weighted by atomic mass is 79.9. The molecule has 1 aromatic heterocycles. The fourth-order valence-electron chi connectivity index (χ4n) is 2.93. The second kappa shape index (κ2) is 10.3. The summed E-state index contributed by atoms with van der Waals surface area (Å²) in [4.78, 5) is 12.3. The molecule has 3 aromatic carbocycles. The van der Waals surface area contributed by atoms with Gasteiger partial charge < -0.3 is 5.11 Å². The van der Waals surface area contributed by atoms with Crippen molar-refractivity contribution < 1.29 is 9.90 Å². The number of phenolic OH excluding ortho intramolecular Hbond substituents is 1. The topological polar surface area (TPSA) is 92.4 Å². The van der Waals surface area contributed by atoms with E-state index < -0.39 is 0 Å². The van der Waals surface area contributed by atoms with Gasteiger partial charge in [-0.3, -0.25) is 9.36 Å². The number of hydrogen-bond acceptors (Lipinski definition) is 6. The highest BCUT2D eigenvalue weighted by Crippen LogP contribution is 2.29. The van der Waals surface area contributed by atoms with Gasteiger partial charge in [0, 0.05) is 15.7 Å². The molecular formula is C23H18BrN5O2S. The lowest BCUT2D eigenvalue weighted by Gasteiger charge is -2.10. The van der Waals surface area contributed by atoms with Crippen LogP contribution in [-0.4, -0.2) is 37.7 Å². The predicted octanol–water partition coefficient (Wildman–Crippen LogP) is 4.64. The van der Waals surface area contributed by atoms with E-state index in [0.29, 0.717) is 16.5 Å². The van der Waals surface area contributed by atoms with Gasteiger partial charge in [0.25, 0.3) is 5.91 Å². The number of rotatable bonds is 7. The van der Waals surface area contributed by atoms with E-state index in [1.54, 1.807) is 24.3 Å². The van der Waals surface area contributed by atoms with E-state index in [1.165, 1.54) is 18.0 Å². The monoisotopic (exact) mass is 507 g/mol. The highest BCUT2D eigenvalue weighted by molar-refractivity contribution is 9.10. The van der Waals surface area contributed by atoms with Gasteiger partial charge in [-0.2, -0.15) is 5.10 Å². The van der Waals surface area contributed by atoms with E-state index in [2.05, 4.69) is 36.7 Å². The molecule has 0 unspecified atom stereocenters. The third-order valence-electron chi connectivity index (χ3n) is 4.34. The summed E-state index contributed by atoms with van der Waals surface area (Å²) in [5.41, 5.74) is 4.98. The van der Waals surface area contributed by atoms with Crippen LogP contribution < -0.4 is 5.43 Å². The van der Waals surface area contributed by atoms with Crippen LogP contribution in [0.4, 0.5) is 0 Å². The Morgan fingerprint density at radius 2 is 1.88 bits per heavy atom. The van der Waals surface area contributed by atoms with E-state index in [4.69, 9.17) is 0 Å². The molecule has 0 bridgehead atoms. The minimum Gasteiger partial charge on any atom is -0.508 e. The Labute approximate surface area is 197 Å². The molecule has 0 saturated heterocycles. The molecule has 0 aliphatic rings. The Hall–Kier alpha value is -3.43. The number of thioether (sulfide) groups is 1. The fourth-order valence-corrected chi connectivity index (χ4v) is 4.08. The van der Waals surface area contributed by atoms with Crippen LogP contribution in [0.15, 0.2) is 93.6 Å². The molecule has 1 amide bonds. The number of aromatic hydroxyl groups is 1. The number of para-hydroxylation sites is 1. The van der Waals surface area contributed by atoms with Crippen LogP contribution in [0.3, 0.4) is 0 Å². The van der Waals surface area contributed by atoms with Crippen molar-refractivity contribution >= 4 is 39.8 Å². The summed E-state index contributed by atoms with van der Waals surface area (Å²) in [6.45, 7) is 0. The van der Waals surface area contributed by atoms with Gasteiger partial charge in [-0.05, 0) is 42.0 Å². The summed E-state index contributed by atoms with van der Waals surface area (Å²) < 4.78 is 2.87. The van der Waals surface area contributed by atoms with Crippen LogP contribution in [0.1, 0.15) is 5.56 Å². The van der Waals surface area contributed by atoms with Crippen LogP contribution in [0.5, 0.6) is 5.75 Å². The van der Waals surface area contributed by atoms with Crippen LogP contribution in [0.2, 0.25) is 0 Å². The summed E-state index contributed by atoms with van der Waals surface area (Å²) in [5.74, 6) is 0.651. The molecule has 2 N–H and O–H groups in total. The quantitative estimate of drug-likeness (QED) is 0.216. The second-order valence-electron chi connectivity index (χ2n) is 6.66. The largest absolute Gasteiger partial charge is 0.508 e. The molecule has 160 valence electrons. The maximum Gasteiger partial charge on any atom is 0.250 e. The Morgan fingerprint density at radius 3 is 2.66 bits per heavy atom. The smallest absolute Gasteiger partial charge is 0.250 e. The zero-order valence-electron chi connectivity index (χ0n) is 16.7. The van der Waals surface area contributed by atoms with Crippen molar-refractivity contribution in [1.29, 1.82) is 0 Å². The molecule has 1 heterocycles. The highest BCUT2D eigenvalue weighted by Gasteiger charge is 2.17. The van der Waals surface area contributed by atoms with Crippen molar-refractivity contribution in [1.82, 2.24) is 20.2 Å². The summed E-state index contributed by atoms with van der Waals surface area (Å²) in [5, 5.41) is 22.7. The van der Waals surface area contributed by atoms with Gasteiger partial charge in [-0.15, -0.1) is 10.2 Å². The van der Waals surface area contributed by atoms with E-state index in [9.17, 15) is 9.90 Å². The fraction of sp³-hybridized carbons (Fsp3) is 0.0435. The Morgan fingerprint density at radius 1 is 1.06 bits per heavy atom. The predicted molar refractivity (Wildman–Crippen MR) is 129 cm³/mol. The lowest BCUT2D eigenvalue weighted by atomic mass is 10.2. The first kappa shape index (κ1) is 21.8.